The van der Waals surface area contributed by atoms with E-state index in [-0.39, 0.29) is 6.61 Å². The number of rotatable bonds is 14. The molecule has 6 nitrogen and oxygen atoms in total. The lowest BCUT2D eigenvalue weighted by Gasteiger charge is -2.21. The molecule has 0 fully saturated rings. The van der Waals surface area contributed by atoms with Gasteiger partial charge in [-0.15, -0.1) is 0 Å². The summed E-state index contributed by atoms with van der Waals surface area (Å²) in [4.78, 5) is 8.34. The molecule has 0 spiro atoms. The van der Waals surface area contributed by atoms with E-state index in [1.54, 1.807) is 0 Å². The minimum absolute atomic E-state index is 0.000903. The van der Waals surface area contributed by atoms with Crippen LogP contribution >= 0.6 is 0 Å². The average molecular weight is 338 g/mol. The molecule has 0 saturated carbocycles. The van der Waals surface area contributed by atoms with Gasteiger partial charge in [0.25, 0.3) is 4.93 Å². The van der Waals surface area contributed by atoms with Crippen molar-refractivity contribution in [1.82, 2.24) is 0 Å². The highest BCUT2D eigenvalue weighted by molar-refractivity contribution is 7.87. The van der Waals surface area contributed by atoms with Crippen LogP contribution in [0, 0.1) is 0 Å². The Balaban J connectivity index is 3.70. The molecule has 0 aromatic heterocycles. The fraction of sp³-hybridized carbons (Fsp3) is 0.933. The largest absolute Gasteiger partial charge is 0.478 e. The lowest BCUT2D eigenvalue weighted by atomic mass is 10.1. The number of hydrogen-bond donors (Lipinski definition) is 2. The molecule has 7 heteroatoms. The van der Waals surface area contributed by atoms with Crippen LogP contribution in [0.1, 0.15) is 78.1 Å². The average Bonchev–Trinajstić information content (AvgIpc) is 2.43. The molecule has 132 valence electrons. The predicted molar refractivity (Wildman–Crippen MR) is 85.4 cm³/mol. The number of aliphatic carboxylic acids is 1. The number of hydrogen-bond acceptors (Lipinski definition) is 4. The van der Waals surface area contributed by atoms with Crippen LogP contribution in [0.4, 0.5) is 0 Å². The normalized spacial score (nSPS) is 14.7. The molecule has 2 N–H and O–H groups in total. The summed E-state index contributed by atoms with van der Waals surface area (Å²) in [7, 11) is -4.80. The number of unbranched alkanes of at least 4 members (excludes halogenated alkanes) is 9. The Morgan fingerprint density at radius 2 is 1.36 bits per heavy atom. The Bertz CT molecular complexity index is 406. The molecule has 0 aliphatic carbocycles. The Morgan fingerprint density at radius 1 is 0.955 bits per heavy atom. The van der Waals surface area contributed by atoms with Gasteiger partial charge in [-0.3, -0.25) is 4.55 Å². The molecule has 0 heterocycles. The Labute approximate surface area is 134 Å². The zero-order chi connectivity index (χ0) is 17.1. The van der Waals surface area contributed by atoms with Gasteiger partial charge in [0, 0.05) is 6.61 Å². The van der Waals surface area contributed by atoms with E-state index in [0.717, 1.165) is 26.2 Å². The first-order valence-corrected chi connectivity index (χ1v) is 9.54. The van der Waals surface area contributed by atoms with E-state index < -0.39 is 21.0 Å². The molecule has 0 amide bonds. The van der Waals surface area contributed by atoms with Gasteiger partial charge in [-0.2, -0.15) is 8.42 Å². The van der Waals surface area contributed by atoms with Gasteiger partial charge < -0.3 is 9.84 Å². The van der Waals surface area contributed by atoms with Crippen molar-refractivity contribution >= 4 is 16.1 Å². The zero-order valence-corrected chi connectivity index (χ0v) is 14.5. The van der Waals surface area contributed by atoms with Crippen LogP contribution in [-0.2, 0) is 19.6 Å². The first-order chi connectivity index (χ1) is 10.3. The van der Waals surface area contributed by atoms with E-state index in [4.69, 9.17) is 14.4 Å². The van der Waals surface area contributed by atoms with Crippen LogP contribution < -0.4 is 0 Å². The van der Waals surface area contributed by atoms with Crippen molar-refractivity contribution in [3.63, 3.8) is 0 Å². The highest BCUT2D eigenvalue weighted by Crippen LogP contribution is 2.19. The van der Waals surface area contributed by atoms with Crippen LogP contribution in [0.2, 0.25) is 0 Å². The van der Waals surface area contributed by atoms with E-state index in [1.165, 1.54) is 38.5 Å². The summed E-state index contributed by atoms with van der Waals surface area (Å²) in [6.07, 6.45) is 11.2. The van der Waals surface area contributed by atoms with Gasteiger partial charge >= 0.3 is 16.1 Å². The summed E-state index contributed by atoms with van der Waals surface area (Å²) in [6, 6.07) is 0. The van der Waals surface area contributed by atoms with Crippen molar-refractivity contribution < 1.29 is 27.6 Å². The lowest BCUT2D eigenvalue weighted by molar-refractivity contribution is -0.153. The van der Waals surface area contributed by atoms with E-state index >= 15 is 0 Å². The van der Waals surface area contributed by atoms with Crippen LogP contribution in [-0.4, -0.2) is 35.6 Å². The van der Waals surface area contributed by atoms with Crippen molar-refractivity contribution in [2.24, 2.45) is 0 Å². The quantitative estimate of drug-likeness (QED) is 0.370. The molecule has 1 unspecified atom stereocenters. The van der Waals surface area contributed by atoms with Gasteiger partial charge in [-0.05, 0) is 13.3 Å². The minimum atomic E-state index is -4.80. The summed E-state index contributed by atoms with van der Waals surface area (Å²) in [5, 5.41) is 8.87. The highest BCUT2D eigenvalue weighted by Gasteiger charge is 2.47. The van der Waals surface area contributed by atoms with Crippen LogP contribution in [0.25, 0.3) is 0 Å². The lowest BCUT2D eigenvalue weighted by Crippen LogP contribution is -2.46. The number of ether oxygens (including phenoxy) is 1. The van der Waals surface area contributed by atoms with E-state index in [9.17, 15) is 13.2 Å². The van der Waals surface area contributed by atoms with Gasteiger partial charge in [0.15, 0.2) is 0 Å². The second kappa shape index (κ2) is 11.0. The molecule has 0 radical (unpaired) electrons. The topological polar surface area (TPSA) is 101 Å². The highest BCUT2D eigenvalue weighted by atomic mass is 32.2. The smallest absolute Gasteiger partial charge is 0.354 e. The van der Waals surface area contributed by atoms with Gasteiger partial charge in [-0.1, -0.05) is 64.7 Å². The van der Waals surface area contributed by atoms with Crippen LogP contribution in [0.3, 0.4) is 0 Å². The molecule has 0 rings (SSSR count). The van der Waals surface area contributed by atoms with Crippen LogP contribution in [0.5, 0.6) is 0 Å². The molecular formula is C15H30O6S. The number of carboxylic acids is 1. The Hall–Kier alpha value is -0.660. The molecule has 0 aromatic rings. The van der Waals surface area contributed by atoms with Gasteiger partial charge in [0.1, 0.15) is 0 Å². The second-order valence-corrected chi connectivity index (χ2v) is 7.49. The first-order valence-electron chi connectivity index (χ1n) is 8.10. The monoisotopic (exact) mass is 338 g/mol. The Kier molecular flexibility index (Phi) is 10.6. The molecule has 0 aliphatic rings. The molecule has 0 aliphatic heterocycles. The summed E-state index contributed by atoms with van der Waals surface area (Å²) in [6.45, 7) is 3.04. The van der Waals surface area contributed by atoms with Gasteiger partial charge in [0.05, 0.1) is 0 Å². The number of carboxylic acid groups (broad SMARTS) is 1. The van der Waals surface area contributed by atoms with E-state index in [1.807, 2.05) is 0 Å². The first kappa shape index (κ1) is 21.3. The fourth-order valence-corrected chi connectivity index (χ4v) is 2.56. The molecule has 0 bridgehead atoms. The van der Waals surface area contributed by atoms with E-state index in [2.05, 4.69) is 6.92 Å². The standard InChI is InChI=1S/C15H30O6S/c1-3-4-5-6-7-8-9-10-11-12-13-21-15(2,14(16)17)22(18,19)20/h3-13H2,1-2H3,(H,16,17)(H,18,19,20). The summed E-state index contributed by atoms with van der Waals surface area (Å²) >= 11 is 0. The zero-order valence-electron chi connectivity index (χ0n) is 13.7. The third kappa shape index (κ3) is 8.10. The molecular weight excluding hydrogens is 308 g/mol. The second-order valence-electron chi connectivity index (χ2n) is 5.76. The fourth-order valence-electron chi connectivity index (χ4n) is 2.10. The van der Waals surface area contributed by atoms with Gasteiger partial charge in [-0.25, -0.2) is 4.79 Å². The summed E-state index contributed by atoms with van der Waals surface area (Å²) in [5.74, 6) is -1.71. The van der Waals surface area contributed by atoms with Crippen LogP contribution in [0.15, 0.2) is 0 Å². The SMILES string of the molecule is CCCCCCCCCCCCOC(C)(C(=O)O)S(=O)(=O)O. The van der Waals surface area contributed by atoms with Crippen molar-refractivity contribution in [2.75, 3.05) is 6.61 Å². The van der Waals surface area contributed by atoms with Gasteiger partial charge in [0.2, 0.25) is 0 Å². The van der Waals surface area contributed by atoms with Crippen molar-refractivity contribution in [3.05, 3.63) is 0 Å². The molecule has 1 atom stereocenters. The maximum Gasteiger partial charge on any atom is 0.354 e. The summed E-state index contributed by atoms with van der Waals surface area (Å²) in [5.41, 5.74) is 0. The third-order valence-corrected chi connectivity index (χ3v) is 5.03. The Morgan fingerprint density at radius 3 is 1.73 bits per heavy atom. The minimum Gasteiger partial charge on any atom is -0.478 e. The maximum absolute atomic E-state index is 11.1. The third-order valence-electron chi connectivity index (χ3n) is 3.76. The molecule has 0 aromatic carbocycles. The summed E-state index contributed by atoms with van der Waals surface area (Å²) < 4.78 is 35.9. The molecule has 0 saturated heterocycles. The predicted octanol–water partition coefficient (Wildman–Crippen LogP) is 3.61. The van der Waals surface area contributed by atoms with Crippen molar-refractivity contribution in [1.29, 1.82) is 0 Å². The molecule has 22 heavy (non-hydrogen) atoms. The number of carbonyl (C=O) groups is 1. The maximum atomic E-state index is 11.1. The van der Waals surface area contributed by atoms with Crippen molar-refractivity contribution in [2.45, 2.75) is 83.0 Å². The van der Waals surface area contributed by atoms with E-state index in [0.29, 0.717) is 6.42 Å². The van der Waals surface area contributed by atoms with Crippen molar-refractivity contribution in [3.8, 4) is 0 Å².